The highest BCUT2D eigenvalue weighted by molar-refractivity contribution is 5.86. The third-order valence-corrected chi connectivity index (χ3v) is 1.86. The summed E-state index contributed by atoms with van der Waals surface area (Å²) in [5.74, 6) is -0.980. The quantitative estimate of drug-likeness (QED) is 0.778. The normalized spacial score (nSPS) is 10.0. The summed E-state index contributed by atoms with van der Waals surface area (Å²) >= 11 is 0. The first-order valence-corrected chi connectivity index (χ1v) is 4.12. The van der Waals surface area contributed by atoms with Gasteiger partial charge in [0, 0.05) is 0 Å². The Balaban J connectivity index is 2.52. The van der Waals surface area contributed by atoms with Crippen molar-refractivity contribution in [3.63, 3.8) is 0 Å². The van der Waals surface area contributed by atoms with Gasteiger partial charge in [0.25, 0.3) is 0 Å². The van der Waals surface area contributed by atoms with Crippen LogP contribution in [0, 0.1) is 0 Å². The molecule has 4 nitrogen and oxygen atoms in total. The fourth-order valence-electron chi connectivity index (χ4n) is 1.24. The minimum Gasteiger partial charge on any atom is -0.477 e. The molecule has 0 aliphatic rings. The molecule has 0 aliphatic carbocycles. The maximum atomic E-state index is 10.8. The summed E-state index contributed by atoms with van der Waals surface area (Å²) in [5.41, 5.74) is 0.908. The van der Waals surface area contributed by atoms with Gasteiger partial charge >= 0.3 is 5.97 Å². The van der Waals surface area contributed by atoms with Gasteiger partial charge in [-0.15, -0.1) is 0 Å². The Hall–Kier alpha value is -2.10. The number of carboxylic acid groups (broad SMARTS) is 1. The summed E-state index contributed by atoms with van der Waals surface area (Å²) in [6, 6.07) is 10.6. The smallest absolute Gasteiger partial charge is 0.354 e. The van der Waals surface area contributed by atoms with Gasteiger partial charge in [-0.05, 0) is 18.2 Å². The molecule has 1 heterocycles. The van der Waals surface area contributed by atoms with E-state index < -0.39 is 5.97 Å². The molecule has 0 saturated carbocycles. The lowest BCUT2D eigenvalue weighted by molar-refractivity contribution is 0.0687. The Morgan fingerprint density at radius 1 is 1.21 bits per heavy atom. The lowest BCUT2D eigenvalue weighted by Crippen LogP contribution is -2.07. The van der Waals surface area contributed by atoms with E-state index in [4.69, 9.17) is 5.11 Å². The number of hydrogen-bond donors (Lipinski definition) is 1. The van der Waals surface area contributed by atoms with E-state index in [9.17, 15) is 4.79 Å². The van der Waals surface area contributed by atoms with Crippen molar-refractivity contribution in [1.82, 2.24) is 9.78 Å². The van der Waals surface area contributed by atoms with E-state index in [0.29, 0.717) is 0 Å². The zero-order valence-corrected chi connectivity index (χ0v) is 7.29. The van der Waals surface area contributed by atoms with Crippen molar-refractivity contribution < 1.29 is 9.90 Å². The van der Waals surface area contributed by atoms with E-state index in [1.165, 1.54) is 16.9 Å². The molecule has 1 aromatic carbocycles. The summed E-state index contributed by atoms with van der Waals surface area (Å²) in [6.07, 6.45) is 1.47. The van der Waals surface area contributed by atoms with Gasteiger partial charge in [-0.1, -0.05) is 18.2 Å². The number of carbonyl (C=O) groups is 1. The van der Waals surface area contributed by atoms with Crippen LogP contribution in [0.2, 0.25) is 0 Å². The minimum atomic E-state index is -0.980. The van der Waals surface area contributed by atoms with Gasteiger partial charge in [0.2, 0.25) is 0 Å². The number of nitrogens with zero attached hydrogens (tertiary/aromatic N) is 2. The molecule has 0 radical (unpaired) electrons. The van der Waals surface area contributed by atoms with E-state index in [1.54, 1.807) is 12.1 Å². The third-order valence-electron chi connectivity index (χ3n) is 1.86. The number of rotatable bonds is 2. The largest absolute Gasteiger partial charge is 0.477 e. The average Bonchev–Trinajstić information content (AvgIpc) is 2.67. The summed E-state index contributed by atoms with van der Waals surface area (Å²) < 4.78 is 1.39. The third kappa shape index (κ3) is 1.37. The van der Waals surface area contributed by atoms with E-state index >= 15 is 0 Å². The van der Waals surface area contributed by atoms with Crippen LogP contribution < -0.4 is 0 Å². The van der Waals surface area contributed by atoms with Crippen LogP contribution in [0.25, 0.3) is 5.69 Å². The van der Waals surface area contributed by atoms with Crippen LogP contribution in [-0.2, 0) is 0 Å². The first-order valence-electron chi connectivity index (χ1n) is 4.12. The average molecular weight is 188 g/mol. The standard InChI is InChI=1S/C10H8N2O2/c13-10(14)9-6-7-11-12(9)8-4-2-1-3-5-8/h1-7H,(H,13,14). The highest BCUT2D eigenvalue weighted by Crippen LogP contribution is 2.09. The molecule has 0 saturated heterocycles. The van der Waals surface area contributed by atoms with Crippen molar-refractivity contribution in [3.05, 3.63) is 48.3 Å². The number of aromatic carboxylic acids is 1. The molecule has 14 heavy (non-hydrogen) atoms. The van der Waals surface area contributed by atoms with Gasteiger partial charge in [-0.25, -0.2) is 9.48 Å². The van der Waals surface area contributed by atoms with Crippen LogP contribution in [-0.4, -0.2) is 20.9 Å². The van der Waals surface area contributed by atoms with Gasteiger partial charge in [-0.2, -0.15) is 5.10 Å². The fraction of sp³-hybridized carbons (Fsp3) is 0. The summed E-state index contributed by atoms with van der Waals surface area (Å²) in [4.78, 5) is 10.8. The van der Waals surface area contributed by atoms with E-state index in [2.05, 4.69) is 5.10 Å². The first kappa shape index (κ1) is 8.50. The van der Waals surface area contributed by atoms with Crippen molar-refractivity contribution in [2.75, 3.05) is 0 Å². The topological polar surface area (TPSA) is 55.1 Å². The van der Waals surface area contributed by atoms with Crippen LogP contribution >= 0.6 is 0 Å². The van der Waals surface area contributed by atoms with Gasteiger partial charge in [0.15, 0.2) is 5.69 Å². The second kappa shape index (κ2) is 3.33. The van der Waals surface area contributed by atoms with Crippen LogP contribution in [0.1, 0.15) is 10.5 Å². The Morgan fingerprint density at radius 2 is 1.93 bits per heavy atom. The molecule has 2 aromatic rings. The predicted molar refractivity (Wildman–Crippen MR) is 50.5 cm³/mol. The zero-order valence-electron chi connectivity index (χ0n) is 7.29. The van der Waals surface area contributed by atoms with Crippen molar-refractivity contribution in [2.24, 2.45) is 0 Å². The monoisotopic (exact) mass is 188 g/mol. The molecule has 4 heteroatoms. The van der Waals surface area contributed by atoms with Crippen molar-refractivity contribution in [2.45, 2.75) is 0 Å². The molecule has 0 atom stereocenters. The highest BCUT2D eigenvalue weighted by Gasteiger charge is 2.10. The number of para-hydroxylation sites is 1. The molecular weight excluding hydrogens is 180 g/mol. The Bertz CT molecular complexity index is 448. The number of hydrogen-bond acceptors (Lipinski definition) is 2. The summed E-state index contributed by atoms with van der Waals surface area (Å²) in [5, 5.41) is 12.8. The zero-order chi connectivity index (χ0) is 9.97. The Kier molecular flexibility index (Phi) is 2.02. The van der Waals surface area contributed by atoms with E-state index in [1.807, 2.05) is 18.2 Å². The van der Waals surface area contributed by atoms with Crippen LogP contribution in [0.5, 0.6) is 0 Å². The lowest BCUT2D eigenvalue weighted by Gasteiger charge is -2.02. The van der Waals surface area contributed by atoms with Crippen LogP contribution in [0.4, 0.5) is 0 Å². The molecule has 0 bridgehead atoms. The molecule has 0 unspecified atom stereocenters. The Labute approximate surface area is 80.4 Å². The van der Waals surface area contributed by atoms with Crippen molar-refractivity contribution in [1.29, 1.82) is 0 Å². The highest BCUT2D eigenvalue weighted by atomic mass is 16.4. The molecule has 2 rings (SSSR count). The maximum Gasteiger partial charge on any atom is 0.354 e. The summed E-state index contributed by atoms with van der Waals surface area (Å²) in [7, 11) is 0. The van der Waals surface area contributed by atoms with Gasteiger partial charge in [-0.3, -0.25) is 0 Å². The molecule has 0 fully saturated rings. The number of benzene rings is 1. The summed E-state index contributed by atoms with van der Waals surface area (Å²) in [6.45, 7) is 0. The molecule has 0 amide bonds. The molecule has 1 N–H and O–H groups in total. The SMILES string of the molecule is O=C(O)c1ccnn1-c1ccccc1. The van der Waals surface area contributed by atoms with E-state index in [-0.39, 0.29) is 5.69 Å². The van der Waals surface area contributed by atoms with Crippen molar-refractivity contribution >= 4 is 5.97 Å². The molecular formula is C10H8N2O2. The molecule has 0 aliphatic heterocycles. The second-order valence-corrected chi connectivity index (χ2v) is 2.77. The minimum absolute atomic E-state index is 0.163. The molecule has 70 valence electrons. The lowest BCUT2D eigenvalue weighted by atomic mass is 10.3. The van der Waals surface area contributed by atoms with Gasteiger partial charge in [0.05, 0.1) is 11.9 Å². The molecule has 0 spiro atoms. The second-order valence-electron chi connectivity index (χ2n) is 2.77. The van der Waals surface area contributed by atoms with E-state index in [0.717, 1.165) is 5.69 Å². The number of aromatic nitrogens is 2. The first-order chi connectivity index (χ1) is 6.79. The van der Waals surface area contributed by atoms with Crippen molar-refractivity contribution in [3.8, 4) is 5.69 Å². The predicted octanol–water partition coefficient (Wildman–Crippen LogP) is 1.57. The maximum absolute atomic E-state index is 10.8. The van der Waals surface area contributed by atoms with Crippen LogP contribution in [0.15, 0.2) is 42.6 Å². The fourth-order valence-corrected chi connectivity index (χ4v) is 1.24. The van der Waals surface area contributed by atoms with Gasteiger partial charge in [0.1, 0.15) is 0 Å². The molecule has 1 aromatic heterocycles. The van der Waals surface area contributed by atoms with Gasteiger partial charge < -0.3 is 5.11 Å². The van der Waals surface area contributed by atoms with Crippen LogP contribution in [0.3, 0.4) is 0 Å². The Morgan fingerprint density at radius 3 is 2.57 bits per heavy atom. The number of carboxylic acids is 1.